The molecule has 0 aromatic heterocycles. The lowest BCUT2D eigenvalue weighted by molar-refractivity contribution is -0.119. The molecular formula is C23H30N4O5. The lowest BCUT2D eigenvalue weighted by atomic mass is 10.1. The molecule has 9 heteroatoms. The van der Waals surface area contributed by atoms with Crippen LogP contribution in [0.3, 0.4) is 0 Å². The smallest absolute Gasteiger partial charge is 0.254 e. The van der Waals surface area contributed by atoms with Crippen LogP contribution in [0, 0.1) is 0 Å². The van der Waals surface area contributed by atoms with Crippen molar-refractivity contribution in [2.45, 2.75) is 19.1 Å². The Morgan fingerprint density at radius 2 is 1.94 bits per heavy atom. The monoisotopic (exact) mass is 442 g/mol. The van der Waals surface area contributed by atoms with Crippen LogP contribution in [0.1, 0.15) is 12.0 Å². The van der Waals surface area contributed by atoms with Gasteiger partial charge >= 0.3 is 0 Å². The summed E-state index contributed by atoms with van der Waals surface area (Å²) in [4.78, 5) is 50.3. The molecule has 1 heterocycles. The Kier molecular flexibility index (Phi) is 10.1. The minimum Gasteiger partial charge on any atom is -0.375 e. The van der Waals surface area contributed by atoms with Crippen molar-refractivity contribution in [1.82, 2.24) is 20.4 Å². The molecule has 1 aromatic rings. The average Bonchev–Trinajstić information content (AvgIpc) is 3.27. The quantitative estimate of drug-likeness (QED) is 0.120. The van der Waals surface area contributed by atoms with E-state index in [0.29, 0.717) is 25.9 Å². The Morgan fingerprint density at radius 3 is 2.56 bits per heavy atom. The molecule has 3 amide bonds. The van der Waals surface area contributed by atoms with Crippen LogP contribution in [0.4, 0.5) is 0 Å². The Bertz CT molecular complexity index is 853. The third kappa shape index (κ3) is 7.99. The summed E-state index contributed by atoms with van der Waals surface area (Å²) < 4.78 is 5.70. The molecule has 0 aliphatic carbocycles. The number of amides is 3. The van der Waals surface area contributed by atoms with Crippen LogP contribution in [0.15, 0.2) is 53.8 Å². The number of nitrogens with zero attached hydrogens (tertiary/aromatic N) is 2. The van der Waals surface area contributed by atoms with Crippen LogP contribution in [-0.4, -0.2) is 80.8 Å². The molecule has 1 fully saturated rings. The number of carbonyl (C=O) groups excluding carboxylic acids is 4. The second kappa shape index (κ2) is 13.1. The van der Waals surface area contributed by atoms with Gasteiger partial charge in [-0.15, -0.1) is 0 Å². The van der Waals surface area contributed by atoms with E-state index in [0.717, 1.165) is 18.4 Å². The van der Waals surface area contributed by atoms with Crippen molar-refractivity contribution in [2.24, 2.45) is 0 Å². The summed E-state index contributed by atoms with van der Waals surface area (Å²) in [6.45, 7) is 2.29. The maximum Gasteiger partial charge on any atom is 0.254 e. The van der Waals surface area contributed by atoms with E-state index in [1.807, 2.05) is 30.3 Å². The molecule has 2 N–H and O–H groups in total. The zero-order valence-electron chi connectivity index (χ0n) is 18.5. The Labute approximate surface area is 188 Å². The number of hydrogen-bond donors (Lipinski definition) is 2. The lowest BCUT2D eigenvalue weighted by Gasteiger charge is -2.17. The maximum atomic E-state index is 12.8. The van der Waals surface area contributed by atoms with Gasteiger partial charge in [-0.05, 0) is 18.1 Å². The minimum absolute atomic E-state index is 0.0427. The van der Waals surface area contributed by atoms with Gasteiger partial charge in [-0.25, -0.2) is 0 Å². The first-order valence-corrected chi connectivity index (χ1v) is 10.4. The molecule has 1 aliphatic heterocycles. The van der Waals surface area contributed by atoms with E-state index in [4.69, 9.17) is 4.74 Å². The second-order valence-electron chi connectivity index (χ2n) is 7.42. The highest BCUT2D eigenvalue weighted by atomic mass is 16.5. The largest absolute Gasteiger partial charge is 0.375 e. The number of aldehydes is 1. The molecule has 1 saturated heterocycles. The third-order valence-corrected chi connectivity index (χ3v) is 4.89. The molecule has 1 unspecified atom stereocenters. The third-order valence-electron chi connectivity index (χ3n) is 4.89. The molecule has 1 aliphatic rings. The molecule has 9 nitrogen and oxygen atoms in total. The minimum atomic E-state index is -0.575. The summed E-state index contributed by atoms with van der Waals surface area (Å²) in [6.07, 6.45) is 4.80. The van der Waals surface area contributed by atoms with Gasteiger partial charge in [0.05, 0.1) is 23.9 Å². The van der Waals surface area contributed by atoms with Crippen molar-refractivity contribution in [3.8, 4) is 0 Å². The number of benzene rings is 1. The van der Waals surface area contributed by atoms with Crippen molar-refractivity contribution in [2.75, 3.05) is 40.3 Å². The first-order chi connectivity index (χ1) is 15.5. The zero-order chi connectivity index (χ0) is 23.3. The van der Waals surface area contributed by atoms with Crippen LogP contribution in [0.25, 0.3) is 0 Å². The first-order valence-electron chi connectivity index (χ1n) is 10.4. The fourth-order valence-electron chi connectivity index (χ4n) is 3.26. The van der Waals surface area contributed by atoms with Crippen molar-refractivity contribution >= 4 is 24.5 Å². The van der Waals surface area contributed by atoms with E-state index in [1.54, 1.807) is 23.0 Å². The highest BCUT2D eigenvalue weighted by Gasteiger charge is 2.21. The van der Waals surface area contributed by atoms with Crippen molar-refractivity contribution in [3.63, 3.8) is 0 Å². The summed E-state index contributed by atoms with van der Waals surface area (Å²) in [7, 11) is 3.22. The molecule has 1 aromatic carbocycles. The number of nitrogens with one attached hydrogen (secondary N) is 2. The van der Waals surface area contributed by atoms with Gasteiger partial charge in [0.2, 0.25) is 6.41 Å². The number of likely N-dealkylation sites (tertiary alicyclic amines) is 1. The van der Waals surface area contributed by atoms with Crippen LogP contribution in [0.2, 0.25) is 0 Å². The van der Waals surface area contributed by atoms with Gasteiger partial charge in [0.25, 0.3) is 11.8 Å². The molecule has 32 heavy (non-hydrogen) atoms. The van der Waals surface area contributed by atoms with Gasteiger partial charge in [0.1, 0.15) is 0 Å². The average molecular weight is 443 g/mol. The van der Waals surface area contributed by atoms with Crippen molar-refractivity contribution in [3.05, 3.63) is 59.3 Å². The molecule has 0 radical (unpaired) electrons. The maximum absolute atomic E-state index is 12.8. The summed E-state index contributed by atoms with van der Waals surface area (Å²) in [5.74, 6) is -1.01. The van der Waals surface area contributed by atoms with Gasteiger partial charge in [-0.3, -0.25) is 19.2 Å². The van der Waals surface area contributed by atoms with Crippen LogP contribution in [-0.2, 0) is 30.5 Å². The van der Waals surface area contributed by atoms with Gasteiger partial charge in [-0.2, -0.15) is 0 Å². The highest BCUT2D eigenvalue weighted by molar-refractivity contribution is 6.12. The number of ether oxygens (including phenoxy) is 1. The van der Waals surface area contributed by atoms with Crippen molar-refractivity contribution < 1.29 is 23.9 Å². The number of hydrogen-bond acceptors (Lipinski definition) is 6. The van der Waals surface area contributed by atoms with Crippen LogP contribution in [0.5, 0.6) is 0 Å². The fraction of sp³-hybridized carbons (Fsp3) is 0.391. The highest BCUT2D eigenvalue weighted by Crippen LogP contribution is 2.11. The normalized spacial score (nSPS) is 16.4. The van der Waals surface area contributed by atoms with E-state index in [1.165, 1.54) is 13.1 Å². The topological polar surface area (TPSA) is 108 Å². The number of likely N-dealkylation sites (N-methyl/N-ethyl adjacent to an activating group) is 1. The standard InChI is InChI=1S/C23H30N4O5/c1-24-22(30)20(16-28)12-19(14-26(2)13-18-6-4-3-5-7-18)23(31)25-9-11-32-21-8-10-27(15-21)17-29/h3-7,12,14,16-17,21H,8-11,13,15H2,1-2H3,(H,24,30)(H,25,31)/b19-14+,20-12+. The van der Waals surface area contributed by atoms with E-state index >= 15 is 0 Å². The summed E-state index contributed by atoms with van der Waals surface area (Å²) in [5, 5.41) is 5.14. The Balaban J connectivity index is 2.03. The zero-order valence-corrected chi connectivity index (χ0v) is 18.5. The lowest BCUT2D eigenvalue weighted by Crippen LogP contribution is -2.31. The Hall–Kier alpha value is -3.46. The molecule has 0 spiro atoms. The molecule has 0 bridgehead atoms. The van der Waals surface area contributed by atoms with E-state index < -0.39 is 11.8 Å². The molecular weight excluding hydrogens is 412 g/mol. The van der Waals surface area contributed by atoms with Gasteiger partial charge in [-0.1, -0.05) is 30.3 Å². The number of carbonyl (C=O) groups is 4. The fourth-order valence-corrected chi connectivity index (χ4v) is 3.26. The van der Waals surface area contributed by atoms with Crippen molar-refractivity contribution in [1.29, 1.82) is 0 Å². The molecule has 0 saturated carbocycles. The van der Waals surface area contributed by atoms with E-state index in [-0.39, 0.29) is 30.4 Å². The van der Waals surface area contributed by atoms with Gasteiger partial charge < -0.3 is 25.2 Å². The predicted octanol–water partition coefficient (Wildman–Crippen LogP) is 0.237. The van der Waals surface area contributed by atoms with E-state index in [2.05, 4.69) is 10.6 Å². The first kappa shape index (κ1) is 24.8. The summed E-state index contributed by atoms with van der Waals surface area (Å²) >= 11 is 0. The molecule has 2 rings (SSSR count). The van der Waals surface area contributed by atoms with E-state index in [9.17, 15) is 19.2 Å². The summed E-state index contributed by atoms with van der Waals surface area (Å²) in [5.41, 5.74) is 1.06. The molecule has 172 valence electrons. The number of rotatable bonds is 12. The van der Waals surface area contributed by atoms with Gasteiger partial charge in [0, 0.05) is 46.5 Å². The summed E-state index contributed by atoms with van der Waals surface area (Å²) in [6, 6.07) is 9.70. The second-order valence-corrected chi connectivity index (χ2v) is 7.42. The molecule has 1 atom stereocenters. The van der Waals surface area contributed by atoms with Gasteiger partial charge in [0.15, 0.2) is 6.29 Å². The van der Waals surface area contributed by atoms with Crippen LogP contribution < -0.4 is 10.6 Å². The predicted molar refractivity (Wildman–Crippen MR) is 119 cm³/mol. The SMILES string of the molecule is CNC(=O)/C(C=O)=C/C(=C\N(C)Cc1ccccc1)C(=O)NCCOC1CCN(C=O)C1. The van der Waals surface area contributed by atoms with Crippen LogP contribution >= 0.6 is 0 Å². The Morgan fingerprint density at radius 1 is 1.19 bits per heavy atom.